The molecule has 1 unspecified atom stereocenters. The summed E-state index contributed by atoms with van der Waals surface area (Å²) in [6.45, 7) is 1.53. The molecular formula is C10H9FN2S. The van der Waals surface area contributed by atoms with Crippen LogP contribution in [0.1, 0.15) is 12.5 Å². The molecule has 0 radical (unpaired) electrons. The third-order valence-corrected chi connectivity index (χ3v) is 2.47. The molecule has 0 aliphatic carbocycles. The molecule has 0 fully saturated rings. The fourth-order valence-corrected chi connectivity index (χ4v) is 1.13. The number of nitriles is 1. The Kier molecular flexibility index (Phi) is 2.94. The maximum absolute atomic E-state index is 12.6. The zero-order valence-electron chi connectivity index (χ0n) is 7.62. The largest absolute Gasteiger partial charge is 0.309 e. The molecule has 1 atom stereocenters. The highest BCUT2D eigenvalue weighted by Crippen LogP contribution is 2.12. The van der Waals surface area contributed by atoms with Gasteiger partial charge >= 0.3 is 0 Å². The van der Waals surface area contributed by atoms with Crippen molar-refractivity contribution in [3.05, 3.63) is 35.6 Å². The van der Waals surface area contributed by atoms with Gasteiger partial charge in [-0.05, 0) is 24.6 Å². The zero-order valence-corrected chi connectivity index (χ0v) is 8.44. The van der Waals surface area contributed by atoms with E-state index in [2.05, 4.69) is 0 Å². The Morgan fingerprint density at radius 1 is 1.50 bits per heavy atom. The van der Waals surface area contributed by atoms with Gasteiger partial charge in [0, 0.05) is 0 Å². The van der Waals surface area contributed by atoms with E-state index in [4.69, 9.17) is 23.2 Å². The van der Waals surface area contributed by atoms with E-state index in [-0.39, 0.29) is 5.82 Å². The Labute approximate surface area is 87.1 Å². The molecule has 0 aliphatic heterocycles. The standard InChI is InChI=1S/C10H9FN2S/c1-10(13,6-12)9(14)7-2-4-8(11)5-3-7/h2-5H,13H2,1H3. The molecule has 1 aromatic carbocycles. The number of thiocarbonyl (C=S) groups is 1. The lowest BCUT2D eigenvalue weighted by Crippen LogP contribution is -2.42. The lowest BCUT2D eigenvalue weighted by atomic mass is 9.95. The van der Waals surface area contributed by atoms with Gasteiger partial charge in [-0.15, -0.1) is 0 Å². The van der Waals surface area contributed by atoms with Gasteiger partial charge in [0.25, 0.3) is 0 Å². The van der Waals surface area contributed by atoms with E-state index in [1.54, 1.807) is 0 Å². The lowest BCUT2D eigenvalue weighted by Gasteiger charge is -2.16. The molecule has 2 nitrogen and oxygen atoms in total. The monoisotopic (exact) mass is 208 g/mol. The molecule has 0 bridgehead atoms. The van der Waals surface area contributed by atoms with E-state index < -0.39 is 5.54 Å². The molecule has 0 aromatic heterocycles. The van der Waals surface area contributed by atoms with E-state index >= 15 is 0 Å². The van der Waals surface area contributed by atoms with Crippen molar-refractivity contribution < 1.29 is 4.39 Å². The van der Waals surface area contributed by atoms with Gasteiger partial charge in [-0.3, -0.25) is 0 Å². The molecule has 0 saturated heterocycles. The Bertz CT molecular complexity index is 390. The summed E-state index contributed by atoms with van der Waals surface area (Å²) in [6, 6.07) is 7.50. The highest BCUT2D eigenvalue weighted by Gasteiger charge is 2.24. The minimum Gasteiger partial charge on any atom is -0.309 e. The van der Waals surface area contributed by atoms with E-state index in [1.165, 1.54) is 31.2 Å². The number of hydrogen-bond acceptors (Lipinski definition) is 3. The Morgan fingerprint density at radius 2 is 2.00 bits per heavy atom. The molecule has 0 spiro atoms. The summed E-state index contributed by atoms with van der Waals surface area (Å²) in [5.41, 5.74) is 5.05. The van der Waals surface area contributed by atoms with Crippen molar-refractivity contribution in [2.24, 2.45) is 5.73 Å². The SMILES string of the molecule is CC(N)(C#N)C(=S)c1ccc(F)cc1. The summed E-state index contributed by atoms with van der Waals surface area (Å²) in [4.78, 5) is 0.319. The number of benzene rings is 1. The van der Waals surface area contributed by atoms with E-state index in [1.807, 2.05) is 6.07 Å². The Morgan fingerprint density at radius 3 is 2.43 bits per heavy atom. The molecule has 1 aromatic rings. The first kappa shape index (κ1) is 10.8. The second kappa shape index (κ2) is 3.82. The summed E-state index contributed by atoms with van der Waals surface area (Å²) in [5, 5.41) is 8.74. The van der Waals surface area contributed by atoms with Crippen molar-refractivity contribution >= 4 is 17.1 Å². The first-order chi connectivity index (χ1) is 6.47. The van der Waals surface area contributed by atoms with Crippen LogP contribution in [0.3, 0.4) is 0 Å². The fraction of sp³-hybridized carbons (Fsp3) is 0.200. The van der Waals surface area contributed by atoms with Crippen molar-refractivity contribution in [1.82, 2.24) is 0 Å². The molecule has 4 heteroatoms. The highest BCUT2D eigenvalue weighted by molar-refractivity contribution is 7.81. The van der Waals surface area contributed by atoms with Crippen LogP contribution in [0.5, 0.6) is 0 Å². The van der Waals surface area contributed by atoms with Crippen LogP contribution in [0.2, 0.25) is 0 Å². The molecule has 2 N–H and O–H groups in total. The minimum absolute atomic E-state index is 0.319. The number of nitrogens with zero attached hydrogens (tertiary/aromatic N) is 1. The summed E-state index contributed by atoms with van der Waals surface area (Å²) < 4.78 is 12.6. The van der Waals surface area contributed by atoms with Gasteiger partial charge in [0.15, 0.2) is 0 Å². The van der Waals surface area contributed by atoms with Gasteiger partial charge in [-0.1, -0.05) is 24.4 Å². The van der Waals surface area contributed by atoms with Gasteiger partial charge in [0.2, 0.25) is 0 Å². The van der Waals surface area contributed by atoms with Crippen LogP contribution in [-0.2, 0) is 0 Å². The third-order valence-electron chi connectivity index (χ3n) is 1.81. The number of halogens is 1. The quantitative estimate of drug-likeness (QED) is 0.595. The van der Waals surface area contributed by atoms with Crippen LogP contribution in [0.4, 0.5) is 4.39 Å². The summed E-state index contributed by atoms with van der Waals surface area (Å²) >= 11 is 5.03. The van der Waals surface area contributed by atoms with Crippen LogP contribution >= 0.6 is 12.2 Å². The van der Waals surface area contributed by atoms with Crippen LogP contribution < -0.4 is 5.73 Å². The van der Waals surface area contributed by atoms with E-state index in [0.29, 0.717) is 10.4 Å². The summed E-state index contributed by atoms with van der Waals surface area (Å²) in [7, 11) is 0. The van der Waals surface area contributed by atoms with Gasteiger partial charge < -0.3 is 5.73 Å². The molecule has 1 rings (SSSR count). The molecular weight excluding hydrogens is 199 g/mol. The second-order valence-electron chi connectivity index (χ2n) is 3.15. The summed E-state index contributed by atoms with van der Waals surface area (Å²) in [6.07, 6.45) is 0. The first-order valence-electron chi connectivity index (χ1n) is 3.98. The smallest absolute Gasteiger partial charge is 0.137 e. The van der Waals surface area contributed by atoms with Crippen molar-refractivity contribution in [1.29, 1.82) is 5.26 Å². The number of nitrogens with two attached hydrogens (primary N) is 1. The van der Waals surface area contributed by atoms with Crippen molar-refractivity contribution in [2.45, 2.75) is 12.5 Å². The van der Waals surface area contributed by atoms with Gasteiger partial charge in [-0.2, -0.15) is 5.26 Å². The average Bonchev–Trinajstić information content (AvgIpc) is 2.18. The maximum atomic E-state index is 12.6. The maximum Gasteiger partial charge on any atom is 0.137 e. The van der Waals surface area contributed by atoms with E-state index in [0.717, 1.165) is 0 Å². The lowest BCUT2D eigenvalue weighted by molar-refractivity contribution is 0.627. The van der Waals surface area contributed by atoms with Crippen molar-refractivity contribution in [3.63, 3.8) is 0 Å². The van der Waals surface area contributed by atoms with Crippen LogP contribution in [-0.4, -0.2) is 10.4 Å². The van der Waals surface area contributed by atoms with Gasteiger partial charge in [0.05, 0.1) is 10.9 Å². The molecule has 0 heterocycles. The predicted molar refractivity (Wildman–Crippen MR) is 56.3 cm³/mol. The normalized spacial score (nSPS) is 14.1. The molecule has 0 aliphatic rings. The first-order valence-corrected chi connectivity index (χ1v) is 4.39. The van der Waals surface area contributed by atoms with Crippen LogP contribution in [0.15, 0.2) is 24.3 Å². The topological polar surface area (TPSA) is 49.8 Å². The van der Waals surface area contributed by atoms with Gasteiger partial charge in [0.1, 0.15) is 11.4 Å². The minimum atomic E-state index is -1.19. The average molecular weight is 208 g/mol. The van der Waals surface area contributed by atoms with Crippen LogP contribution in [0.25, 0.3) is 0 Å². The fourth-order valence-electron chi connectivity index (χ4n) is 0.952. The zero-order chi connectivity index (χ0) is 10.8. The van der Waals surface area contributed by atoms with Crippen LogP contribution in [0, 0.1) is 17.1 Å². The van der Waals surface area contributed by atoms with Gasteiger partial charge in [-0.25, -0.2) is 4.39 Å². The predicted octanol–water partition coefficient (Wildman–Crippen LogP) is 1.78. The molecule has 72 valence electrons. The van der Waals surface area contributed by atoms with Crippen molar-refractivity contribution in [3.8, 4) is 6.07 Å². The molecule has 0 saturated carbocycles. The second-order valence-corrected chi connectivity index (χ2v) is 3.56. The highest BCUT2D eigenvalue weighted by atomic mass is 32.1. The Balaban J connectivity index is 3.03. The van der Waals surface area contributed by atoms with E-state index in [9.17, 15) is 4.39 Å². The molecule has 0 amide bonds. The Hall–Kier alpha value is -1.31. The number of hydrogen-bond donors (Lipinski definition) is 1. The molecule has 14 heavy (non-hydrogen) atoms. The number of rotatable bonds is 2. The van der Waals surface area contributed by atoms with Crippen molar-refractivity contribution in [2.75, 3.05) is 0 Å². The summed E-state index contributed by atoms with van der Waals surface area (Å²) in [5.74, 6) is -0.341. The third kappa shape index (κ3) is 2.13.